The molecule has 0 saturated carbocycles. The molecule has 2 aromatic rings. The number of halogens is 3. The normalized spacial score (nSPS) is 12.1. The zero-order valence-electron chi connectivity index (χ0n) is 14.1. The smallest absolute Gasteiger partial charge is 0.416 e. The molecule has 0 aliphatic heterocycles. The predicted octanol–water partition coefficient (Wildman–Crippen LogP) is 5.29. The van der Waals surface area contributed by atoms with Crippen LogP contribution in [0.3, 0.4) is 0 Å². The number of thiazole rings is 1. The lowest BCUT2D eigenvalue weighted by atomic mass is 10.1. The van der Waals surface area contributed by atoms with E-state index >= 15 is 0 Å². The first-order valence-electron chi connectivity index (χ1n) is 7.63. The van der Waals surface area contributed by atoms with E-state index in [1.54, 1.807) is 26.2 Å². The number of rotatable bonds is 4. The van der Waals surface area contributed by atoms with E-state index < -0.39 is 23.4 Å². The molecule has 1 aromatic carbocycles. The van der Waals surface area contributed by atoms with Gasteiger partial charge in [-0.25, -0.2) is 9.78 Å². The van der Waals surface area contributed by atoms with Crippen molar-refractivity contribution in [2.75, 3.05) is 5.32 Å². The van der Waals surface area contributed by atoms with Crippen LogP contribution in [0.15, 0.2) is 29.6 Å². The number of ether oxygens (including phenoxy) is 1. The third-order valence-electron chi connectivity index (χ3n) is 3.11. The number of aromatic nitrogens is 1. The van der Waals surface area contributed by atoms with Gasteiger partial charge in [0.05, 0.1) is 11.3 Å². The van der Waals surface area contributed by atoms with Gasteiger partial charge in [-0.15, -0.1) is 11.3 Å². The molecule has 0 aliphatic carbocycles. The molecule has 0 unspecified atom stereocenters. The third kappa shape index (κ3) is 6.38. The molecule has 8 heteroatoms. The lowest BCUT2D eigenvalue weighted by Gasteiger charge is -2.18. The van der Waals surface area contributed by atoms with Gasteiger partial charge in [-0.1, -0.05) is 12.1 Å². The summed E-state index contributed by atoms with van der Waals surface area (Å²) in [5.74, 6) is 0. The number of carbonyl (C=O) groups is 1. The Bertz CT molecular complexity index is 719. The summed E-state index contributed by atoms with van der Waals surface area (Å²) in [6.45, 7) is 5.30. The average molecular weight is 372 g/mol. The molecule has 1 aromatic heterocycles. The molecule has 0 saturated heterocycles. The Morgan fingerprint density at radius 2 is 1.80 bits per heavy atom. The van der Waals surface area contributed by atoms with Crippen molar-refractivity contribution in [2.24, 2.45) is 0 Å². The molecule has 0 radical (unpaired) electrons. The zero-order chi connectivity index (χ0) is 18.7. The van der Waals surface area contributed by atoms with Crippen LogP contribution in [0, 0.1) is 0 Å². The minimum atomic E-state index is -4.32. The summed E-state index contributed by atoms with van der Waals surface area (Å²) in [6.07, 6.45) is -3.77. The molecule has 0 atom stereocenters. The SMILES string of the molecule is CC(C)(C)OC(=O)Nc1nc(CCc2ccc(C(F)(F)F)cc2)cs1. The Morgan fingerprint density at radius 3 is 2.36 bits per heavy atom. The fourth-order valence-electron chi connectivity index (χ4n) is 2.00. The van der Waals surface area contributed by atoms with Gasteiger partial charge in [-0.2, -0.15) is 13.2 Å². The largest absolute Gasteiger partial charge is 0.444 e. The van der Waals surface area contributed by atoms with Crippen LogP contribution in [-0.4, -0.2) is 16.7 Å². The standard InChI is InChI=1S/C17H19F3N2O2S/c1-16(2,3)24-15(23)22-14-21-13(10-25-14)9-6-11-4-7-12(8-5-11)17(18,19)20/h4-5,7-8,10H,6,9H2,1-3H3,(H,21,22,23). The van der Waals surface area contributed by atoms with E-state index in [1.807, 2.05) is 0 Å². The molecule has 25 heavy (non-hydrogen) atoms. The number of hydrogen-bond acceptors (Lipinski definition) is 4. The summed E-state index contributed by atoms with van der Waals surface area (Å²) in [4.78, 5) is 15.9. The number of hydrogen-bond donors (Lipinski definition) is 1. The van der Waals surface area contributed by atoms with E-state index in [0.29, 0.717) is 18.0 Å². The molecule has 1 amide bonds. The van der Waals surface area contributed by atoms with Gasteiger partial charge >= 0.3 is 12.3 Å². The van der Waals surface area contributed by atoms with Gasteiger partial charge < -0.3 is 4.74 Å². The maximum Gasteiger partial charge on any atom is 0.416 e. The van der Waals surface area contributed by atoms with Crippen molar-refractivity contribution < 1.29 is 22.7 Å². The highest BCUT2D eigenvalue weighted by Gasteiger charge is 2.29. The summed E-state index contributed by atoms with van der Waals surface area (Å²) in [5.41, 5.74) is 0.305. The minimum Gasteiger partial charge on any atom is -0.444 e. The van der Waals surface area contributed by atoms with Gasteiger partial charge in [0.1, 0.15) is 5.60 Å². The first kappa shape index (κ1) is 19.2. The second-order valence-corrected chi connectivity index (χ2v) is 7.32. The van der Waals surface area contributed by atoms with E-state index in [0.717, 1.165) is 23.4 Å². The number of carbonyl (C=O) groups excluding carboxylic acids is 1. The van der Waals surface area contributed by atoms with Gasteiger partial charge in [-0.05, 0) is 51.3 Å². The molecule has 0 bridgehead atoms. The lowest BCUT2D eigenvalue weighted by Crippen LogP contribution is -2.27. The van der Waals surface area contributed by atoms with Crippen LogP contribution in [-0.2, 0) is 23.8 Å². The Morgan fingerprint density at radius 1 is 1.16 bits per heavy atom. The van der Waals surface area contributed by atoms with Crippen molar-refractivity contribution in [3.63, 3.8) is 0 Å². The Balaban J connectivity index is 1.88. The molecular weight excluding hydrogens is 353 g/mol. The molecular formula is C17H19F3N2O2S. The van der Waals surface area contributed by atoms with Crippen LogP contribution in [0.4, 0.5) is 23.1 Å². The third-order valence-corrected chi connectivity index (χ3v) is 3.92. The van der Waals surface area contributed by atoms with Crippen LogP contribution in [0.5, 0.6) is 0 Å². The summed E-state index contributed by atoms with van der Waals surface area (Å²) < 4.78 is 42.7. The molecule has 4 nitrogen and oxygen atoms in total. The van der Waals surface area contributed by atoms with Crippen LogP contribution >= 0.6 is 11.3 Å². The van der Waals surface area contributed by atoms with Gasteiger partial charge in [0.15, 0.2) is 5.13 Å². The topological polar surface area (TPSA) is 51.2 Å². The maximum atomic E-state index is 12.5. The van der Waals surface area contributed by atoms with Crippen LogP contribution < -0.4 is 5.32 Å². The van der Waals surface area contributed by atoms with Gasteiger partial charge in [0.2, 0.25) is 0 Å². The van der Waals surface area contributed by atoms with Crippen LogP contribution in [0.25, 0.3) is 0 Å². The van der Waals surface area contributed by atoms with E-state index in [2.05, 4.69) is 10.3 Å². The predicted molar refractivity (Wildman–Crippen MR) is 90.8 cm³/mol. The monoisotopic (exact) mass is 372 g/mol. The fourth-order valence-corrected chi connectivity index (χ4v) is 2.73. The number of nitrogens with one attached hydrogen (secondary N) is 1. The second kappa shape index (κ2) is 7.43. The first-order chi connectivity index (χ1) is 11.5. The van der Waals surface area contributed by atoms with Gasteiger partial charge in [0, 0.05) is 5.38 Å². The van der Waals surface area contributed by atoms with Crippen molar-refractivity contribution in [2.45, 2.75) is 45.4 Å². The molecule has 0 aliphatic rings. The minimum absolute atomic E-state index is 0.427. The number of nitrogens with zero attached hydrogens (tertiary/aromatic N) is 1. The van der Waals surface area contributed by atoms with Crippen LogP contribution in [0.2, 0.25) is 0 Å². The van der Waals surface area contributed by atoms with Crippen molar-refractivity contribution >= 4 is 22.6 Å². The molecule has 0 spiro atoms. The first-order valence-corrected chi connectivity index (χ1v) is 8.51. The molecule has 1 heterocycles. The number of aryl methyl sites for hydroxylation is 2. The zero-order valence-corrected chi connectivity index (χ0v) is 14.9. The van der Waals surface area contributed by atoms with E-state index in [9.17, 15) is 18.0 Å². The molecule has 2 rings (SSSR count). The number of anilines is 1. The van der Waals surface area contributed by atoms with Crippen molar-refractivity contribution in [1.82, 2.24) is 4.98 Å². The van der Waals surface area contributed by atoms with Gasteiger partial charge in [-0.3, -0.25) is 5.32 Å². The lowest BCUT2D eigenvalue weighted by molar-refractivity contribution is -0.137. The van der Waals surface area contributed by atoms with Crippen molar-refractivity contribution in [3.8, 4) is 0 Å². The number of alkyl halides is 3. The summed E-state index contributed by atoms with van der Waals surface area (Å²) in [6, 6.07) is 5.09. The fraction of sp³-hybridized carbons (Fsp3) is 0.412. The van der Waals surface area contributed by atoms with E-state index in [-0.39, 0.29) is 0 Å². The van der Waals surface area contributed by atoms with Gasteiger partial charge in [0.25, 0.3) is 0 Å². The Kier molecular flexibility index (Phi) is 5.72. The summed E-state index contributed by atoms with van der Waals surface area (Å²) in [7, 11) is 0. The summed E-state index contributed by atoms with van der Waals surface area (Å²) in [5, 5.41) is 4.79. The Labute approximate surface area is 148 Å². The van der Waals surface area contributed by atoms with E-state index in [4.69, 9.17) is 4.74 Å². The molecule has 0 fully saturated rings. The van der Waals surface area contributed by atoms with Crippen molar-refractivity contribution in [1.29, 1.82) is 0 Å². The summed E-state index contributed by atoms with van der Waals surface area (Å²) >= 11 is 1.27. The van der Waals surface area contributed by atoms with E-state index in [1.165, 1.54) is 23.5 Å². The average Bonchev–Trinajstić information content (AvgIpc) is 2.90. The van der Waals surface area contributed by atoms with Crippen molar-refractivity contribution in [3.05, 3.63) is 46.5 Å². The highest BCUT2D eigenvalue weighted by atomic mass is 32.1. The molecule has 1 N–H and O–H groups in total. The highest BCUT2D eigenvalue weighted by molar-refractivity contribution is 7.13. The number of benzene rings is 1. The maximum absolute atomic E-state index is 12.5. The molecule has 136 valence electrons. The van der Waals surface area contributed by atoms with Crippen LogP contribution in [0.1, 0.15) is 37.6 Å². The second-order valence-electron chi connectivity index (χ2n) is 6.47. The number of amides is 1. The Hall–Kier alpha value is -2.09. The highest BCUT2D eigenvalue weighted by Crippen LogP contribution is 2.29. The quantitative estimate of drug-likeness (QED) is 0.793.